The van der Waals surface area contributed by atoms with Crippen molar-refractivity contribution in [1.82, 2.24) is 10.1 Å². The Morgan fingerprint density at radius 3 is 2.44 bits per heavy atom. The van der Waals surface area contributed by atoms with Gasteiger partial charge in [0.2, 0.25) is 0 Å². The Kier molecular flexibility index (Phi) is 4.65. The second-order valence-electron chi connectivity index (χ2n) is 6.83. The summed E-state index contributed by atoms with van der Waals surface area (Å²) in [4.78, 5) is 1.83. The van der Waals surface area contributed by atoms with Crippen LogP contribution in [0.2, 0.25) is 0 Å². The smallest absolute Gasteiger partial charge is 0.372 e. The lowest BCUT2D eigenvalue weighted by atomic mass is 9.86. The van der Waals surface area contributed by atoms with Crippen molar-refractivity contribution in [2.75, 3.05) is 13.1 Å². The van der Waals surface area contributed by atoms with Gasteiger partial charge in [0.15, 0.2) is 11.8 Å². The SMILES string of the molecule is OC(c1noc2ccccc12)N1CCC(c2ccccc2C(F)(F)F)CC1. The molecule has 1 aliphatic rings. The number of halogens is 3. The monoisotopic (exact) mass is 376 g/mol. The summed E-state index contributed by atoms with van der Waals surface area (Å²) in [5, 5.41) is 15.4. The molecule has 142 valence electrons. The average Bonchev–Trinajstić information content (AvgIpc) is 3.11. The molecule has 7 heteroatoms. The van der Waals surface area contributed by atoms with E-state index in [-0.39, 0.29) is 5.92 Å². The summed E-state index contributed by atoms with van der Waals surface area (Å²) in [5.41, 5.74) is 0.817. The number of fused-ring (bicyclic) bond motifs is 1. The Hall–Kier alpha value is -2.38. The molecule has 27 heavy (non-hydrogen) atoms. The van der Waals surface area contributed by atoms with Crippen molar-refractivity contribution in [3.63, 3.8) is 0 Å². The molecule has 0 saturated carbocycles. The van der Waals surface area contributed by atoms with Crippen LogP contribution in [0.15, 0.2) is 53.1 Å². The lowest BCUT2D eigenvalue weighted by molar-refractivity contribution is -0.138. The van der Waals surface area contributed by atoms with Crippen LogP contribution in [0.4, 0.5) is 13.2 Å². The van der Waals surface area contributed by atoms with E-state index in [4.69, 9.17) is 4.52 Å². The molecule has 2 aromatic carbocycles. The summed E-state index contributed by atoms with van der Waals surface area (Å²) >= 11 is 0. The quantitative estimate of drug-likeness (QED) is 0.719. The Labute approximate surface area is 154 Å². The first-order valence-corrected chi connectivity index (χ1v) is 8.87. The minimum Gasteiger partial charge on any atom is -0.372 e. The van der Waals surface area contributed by atoms with Crippen LogP contribution in [-0.2, 0) is 6.18 Å². The summed E-state index contributed by atoms with van der Waals surface area (Å²) in [6, 6.07) is 13.0. The van der Waals surface area contributed by atoms with E-state index in [1.165, 1.54) is 6.07 Å². The topological polar surface area (TPSA) is 49.5 Å². The maximum atomic E-state index is 13.3. The highest BCUT2D eigenvalue weighted by atomic mass is 19.4. The number of hydrogen-bond donors (Lipinski definition) is 1. The van der Waals surface area contributed by atoms with Gasteiger partial charge >= 0.3 is 6.18 Å². The molecule has 2 heterocycles. The maximum absolute atomic E-state index is 13.3. The lowest BCUT2D eigenvalue weighted by Crippen LogP contribution is -2.36. The van der Waals surface area contributed by atoms with Crippen molar-refractivity contribution >= 4 is 11.0 Å². The number of nitrogens with zero attached hydrogens (tertiary/aromatic N) is 2. The molecule has 0 spiro atoms. The molecule has 0 amide bonds. The third kappa shape index (κ3) is 3.44. The first-order chi connectivity index (χ1) is 12.9. The molecule has 0 bridgehead atoms. The molecule has 4 rings (SSSR count). The number of para-hydroxylation sites is 1. The minimum atomic E-state index is -4.35. The summed E-state index contributed by atoms with van der Waals surface area (Å²) in [6.45, 7) is 0.971. The van der Waals surface area contributed by atoms with E-state index in [0.717, 1.165) is 11.5 Å². The van der Waals surface area contributed by atoms with Gasteiger partial charge in [0.1, 0.15) is 5.69 Å². The predicted molar refractivity (Wildman–Crippen MR) is 94.0 cm³/mol. The number of alkyl halides is 3. The summed E-state index contributed by atoms with van der Waals surface area (Å²) in [5.74, 6) is -0.180. The van der Waals surface area contributed by atoms with E-state index >= 15 is 0 Å². The molecule has 1 atom stereocenters. The largest absolute Gasteiger partial charge is 0.416 e. The van der Waals surface area contributed by atoms with Crippen LogP contribution in [-0.4, -0.2) is 28.3 Å². The van der Waals surface area contributed by atoms with Crippen LogP contribution in [0.25, 0.3) is 11.0 Å². The van der Waals surface area contributed by atoms with Crippen LogP contribution in [0, 0.1) is 0 Å². The normalized spacial score (nSPS) is 18.1. The zero-order chi connectivity index (χ0) is 19.0. The second kappa shape index (κ2) is 6.98. The first kappa shape index (κ1) is 18.0. The standard InChI is InChI=1S/C20H19F3N2O2/c21-20(22,23)16-7-3-1-5-14(16)13-9-11-25(12-10-13)19(26)18-15-6-2-4-8-17(15)27-24-18/h1-8,13,19,26H,9-12H2. The third-order valence-electron chi connectivity index (χ3n) is 5.23. The van der Waals surface area contributed by atoms with Gasteiger partial charge in [0.05, 0.1) is 5.56 Å². The fourth-order valence-corrected chi connectivity index (χ4v) is 3.83. The molecule has 0 aliphatic carbocycles. The van der Waals surface area contributed by atoms with Gasteiger partial charge in [-0.3, -0.25) is 4.90 Å². The van der Waals surface area contributed by atoms with Crippen molar-refractivity contribution in [1.29, 1.82) is 0 Å². The number of piperidine rings is 1. The molecule has 0 radical (unpaired) electrons. The number of hydrogen-bond acceptors (Lipinski definition) is 4. The molecule has 1 unspecified atom stereocenters. The summed E-state index contributed by atoms with van der Waals surface area (Å²) in [6.07, 6.45) is -4.21. The van der Waals surface area contributed by atoms with Gasteiger partial charge < -0.3 is 9.63 Å². The highest BCUT2D eigenvalue weighted by Gasteiger charge is 2.36. The number of aliphatic hydroxyl groups excluding tert-OH is 1. The Morgan fingerprint density at radius 2 is 1.70 bits per heavy atom. The van der Waals surface area contributed by atoms with Gasteiger partial charge in [-0.15, -0.1) is 0 Å². The van der Waals surface area contributed by atoms with Gasteiger partial charge in [-0.25, -0.2) is 0 Å². The van der Waals surface area contributed by atoms with E-state index < -0.39 is 18.0 Å². The van der Waals surface area contributed by atoms with E-state index in [1.54, 1.807) is 18.2 Å². The van der Waals surface area contributed by atoms with Crippen LogP contribution in [0.3, 0.4) is 0 Å². The van der Waals surface area contributed by atoms with Crippen molar-refractivity contribution in [2.24, 2.45) is 0 Å². The van der Waals surface area contributed by atoms with E-state index in [1.807, 2.05) is 23.1 Å². The Bertz CT molecular complexity index is 930. The van der Waals surface area contributed by atoms with Gasteiger partial charge in [0.25, 0.3) is 0 Å². The molecule has 1 N–H and O–H groups in total. The fraction of sp³-hybridized carbons (Fsp3) is 0.350. The van der Waals surface area contributed by atoms with E-state index in [0.29, 0.717) is 42.8 Å². The number of benzene rings is 2. The number of aromatic nitrogens is 1. The van der Waals surface area contributed by atoms with Crippen molar-refractivity contribution in [2.45, 2.75) is 31.2 Å². The van der Waals surface area contributed by atoms with Crippen LogP contribution in [0.1, 0.15) is 41.8 Å². The molecular formula is C20H19F3N2O2. The van der Waals surface area contributed by atoms with Gasteiger partial charge in [-0.2, -0.15) is 13.2 Å². The zero-order valence-corrected chi connectivity index (χ0v) is 14.5. The zero-order valence-electron chi connectivity index (χ0n) is 14.5. The second-order valence-corrected chi connectivity index (χ2v) is 6.83. The molecule has 1 saturated heterocycles. The third-order valence-corrected chi connectivity index (χ3v) is 5.23. The minimum absolute atomic E-state index is 0.180. The van der Waals surface area contributed by atoms with E-state index in [9.17, 15) is 18.3 Å². The van der Waals surface area contributed by atoms with Gasteiger partial charge in [-0.1, -0.05) is 35.5 Å². The molecular weight excluding hydrogens is 357 g/mol. The van der Waals surface area contributed by atoms with Crippen LogP contribution in [0.5, 0.6) is 0 Å². The molecule has 3 aromatic rings. The summed E-state index contributed by atoms with van der Waals surface area (Å²) in [7, 11) is 0. The predicted octanol–water partition coefficient (Wildman–Crippen LogP) is 4.72. The van der Waals surface area contributed by atoms with Gasteiger partial charge in [-0.05, 0) is 42.5 Å². The summed E-state index contributed by atoms with van der Waals surface area (Å²) < 4.78 is 45.1. The highest BCUT2D eigenvalue weighted by molar-refractivity contribution is 5.79. The molecule has 4 nitrogen and oxygen atoms in total. The Morgan fingerprint density at radius 1 is 1.04 bits per heavy atom. The average molecular weight is 376 g/mol. The Balaban J connectivity index is 1.50. The molecule has 1 aliphatic heterocycles. The fourth-order valence-electron chi connectivity index (χ4n) is 3.83. The first-order valence-electron chi connectivity index (χ1n) is 8.87. The van der Waals surface area contributed by atoms with Crippen molar-refractivity contribution in [3.05, 3.63) is 65.4 Å². The van der Waals surface area contributed by atoms with Crippen LogP contribution < -0.4 is 0 Å². The van der Waals surface area contributed by atoms with Crippen molar-refractivity contribution in [3.8, 4) is 0 Å². The number of rotatable bonds is 3. The lowest BCUT2D eigenvalue weighted by Gasteiger charge is -2.35. The highest BCUT2D eigenvalue weighted by Crippen LogP contribution is 2.39. The van der Waals surface area contributed by atoms with E-state index in [2.05, 4.69) is 5.16 Å². The number of likely N-dealkylation sites (tertiary alicyclic amines) is 1. The molecule has 1 fully saturated rings. The van der Waals surface area contributed by atoms with Crippen LogP contribution >= 0.6 is 0 Å². The maximum Gasteiger partial charge on any atom is 0.416 e. The van der Waals surface area contributed by atoms with Gasteiger partial charge in [0, 0.05) is 18.5 Å². The molecule has 1 aromatic heterocycles. The van der Waals surface area contributed by atoms with Crippen molar-refractivity contribution < 1.29 is 22.8 Å². The number of aliphatic hydroxyl groups is 1.